The molecule has 1 heteroatoms. The van der Waals surface area contributed by atoms with Crippen LogP contribution in [0.15, 0.2) is 24.3 Å². The first kappa shape index (κ1) is 4.58. The Morgan fingerprint density at radius 2 is 2.56 bits per heavy atom. The predicted octanol–water partition coefficient (Wildman–Crippen LogP) is 1.81. The molecule has 0 nitrogen and oxygen atoms in total. The minimum atomic E-state index is -0.319. The molecule has 0 heterocycles. The van der Waals surface area contributed by atoms with Crippen LogP contribution >= 0.6 is 0 Å². The average Bonchev–Trinajstić information content (AvgIpc) is 1.88. The number of terminal acetylenes is 1. The second-order valence-corrected chi connectivity index (χ2v) is 1.64. The zero-order valence-corrected chi connectivity index (χ0v) is 4.69. The average molecular weight is 121 g/mol. The lowest BCUT2D eigenvalue weighted by atomic mass is 10.2. The van der Waals surface area contributed by atoms with Crippen LogP contribution in [0.5, 0.6) is 0 Å². The van der Waals surface area contributed by atoms with Crippen LogP contribution in [-0.2, 0) is 0 Å². The fourth-order valence-corrected chi connectivity index (χ4v) is 0.566. The van der Waals surface area contributed by atoms with Crippen molar-refractivity contribution in [3.05, 3.63) is 35.6 Å². The van der Waals surface area contributed by atoms with Gasteiger partial charge in [0.25, 0.3) is 0 Å². The van der Waals surface area contributed by atoms with E-state index in [1.165, 1.54) is 12.1 Å². The fraction of sp³-hybridized carbons (Fsp3) is 0. The highest BCUT2D eigenvalue weighted by molar-refractivity contribution is 5.31. The topological polar surface area (TPSA) is 0 Å². The Hall–Kier alpha value is -1.29. The van der Waals surface area contributed by atoms with E-state index in [0.717, 1.165) is 0 Å². The molecule has 0 amide bonds. The van der Waals surface area contributed by atoms with Crippen LogP contribution in [0, 0.1) is 18.1 Å². The molecule has 0 radical (unpaired) electrons. The van der Waals surface area contributed by atoms with Crippen LogP contribution in [0.25, 0.3) is 0 Å². The molecule has 0 aliphatic rings. The number of hydrogen-bond acceptors (Lipinski definition) is 0. The normalized spacial score (nSPS) is 9.22. The van der Waals surface area contributed by atoms with Gasteiger partial charge in [-0.3, -0.25) is 0 Å². The highest BCUT2D eigenvalue weighted by atomic mass is 19.1. The van der Waals surface area contributed by atoms with E-state index < -0.39 is 0 Å². The number of halogens is 1. The summed E-state index contributed by atoms with van der Waals surface area (Å²) in [5, 5.41) is 0. The molecule has 0 saturated carbocycles. The standard InChI is InChI=1S/C8H5F/c1-2-7-4-3-5-8(9)6-7/h1,3-6H/i1D. The van der Waals surface area contributed by atoms with Crippen molar-refractivity contribution in [1.29, 1.82) is 0 Å². The van der Waals surface area contributed by atoms with E-state index in [-0.39, 0.29) is 5.82 Å². The largest absolute Gasteiger partial charge is 0.207 e. The summed E-state index contributed by atoms with van der Waals surface area (Å²) in [6.45, 7) is 0. The summed E-state index contributed by atoms with van der Waals surface area (Å²) in [6, 6.07) is 5.86. The quantitative estimate of drug-likeness (QED) is 0.459. The van der Waals surface area contributed by atoms with E-state index in [1.54, 1.807) is 12.1 Å². The summed E-state index contributed by atoms with van der Waals surface area (Å²) >= 11 is 0. The summed E-state index contributed by atoms with van der Waals surface area (Å²) in [6.07, 6.45) is 1.94. The first-order valence-electron chi connectivity index (χ1n) is 3.01. The van der Waals surface area contributed by atoms with Crippen molar-refractivity contribution >= 4 is 0 Å². The van der Waals surface area contributed by atoms with Crippen molar-refractivity contribution in [3.63, 3.8) is 0 Å². The molecule has 1 aromatic carbocycles. The van der Waals surface area contributed by atoms with Gasteiger partial charge in [0.2, 0.25) is 0 Å². The Morgan fingerprint density at radius 1 is 1.67 bits per heavy atom. The molecule has 0 N–H and O–H groups in total. The molecule has 0 aromatic heterocycles. The molecular weight excluding hydrogens is 115 g/mol. The van der Waals surface area contributed by atoms with E-state index in [0.29, 0.717) is 5.56 Å². The number of rotatable bonds is 0. The van der Waals surface area contributed by atoms with Crippen LogP contribution in [0.3, 0.4) is 0 Å². The lowest BCUT2D eigenvalue weighted by Gasteiger charge is -1.87. The van der Waals surface area contributed by atoms with Crippen molar-refractivity contribution in [2.24, 2.45) is 0 Å². The molecule has 9 heavy (non-hydrogen) atoms. The van der Waals surface area contributed by atoms with Gasteiger partial charge in [-0.15, -0.1) is 6.40 Å². The summed E-state index contributed by atoms with van der Waals surface area (Å²) < 4.78 is 18.9. The summed E-state index contributed by atoms with van der Waals surface area (Å²) in [4.78, 5) is 0. The highest BCUT2D eigenvalue weighted by Gasteiger charge is 1.87. The molecular formula is C8H5F. The second kappa shape index (κ2) is 2.32. The maximum Gasteiger partial charge on any atom is 0.124 e. The maximum absolute atomic E-state index is 12.4. The maximum atomic E-state index is 12.4. The molecule has 0 bridgehead atoms. The Balaban J connectivity index is 3.03. The minimum Gasteiger partial charge on any atom is -0.207 e. The molecule has 0 saturated heterocycles. The van der Waals surface area contributed by atoms with Gasteiger partial charge in [-0.25, -0.2) is 4.39 Å². The van der Waals surface area contributed by atoms with Gasteiger partial charge in [0.05, 0.1) is 0 Å². The Labute approximate surface area is 54.7 Å². The molecule has 0 aliphatic carbocycles. The SMILES string of the molecule is [2H]C#Cc1cccc(F)c1. The predicted molar refractivity (Wildman–Crippen MR) is 34.3 cm³/mol. The molecule has 0 fully saturated rings. The molecule has 44 valence electrons. The van der Waals surface area contributed by atoms with Gasteiger partial charge < -0.3 is 0 Å². The third kappa shape index (κ3) is 1.30. The van der Waals surface area contributed by atoms with Gasteiger partial charge in [-0.2, -0.15) is 0 Å². The van der Waals surface area contributed by atoms with E-state index in [1.807, 2.05) is 6.40 Å². The zero-order valence-electron chi connectivity index (χ0n) is 5.69. The van der Waals surface area contributed by atoms with Crippen molar-refractivity contribution in [2.75, 3.05) is 0 Å². The van der Waals surface area contributed by atoms with Crippen molar-refractivity contribution < 1.29 is 5.76 Å². The van der Waals surface area contributed by atoms with E-state index in [2.05, 4.69) is 5.92 Å². The van der Waals surface area contributed by atoms with E-state index >= 15 is 0 Å². The summed E-state index contributed by atoms with van der Waals surface area (Å²) in [7, 11) is 0. The first-order chi connectivity index (χ1) is 4.83. The first-order valence-corrected chi connectivity index (χ1v) is 2.51. The highest BCUT2D eigenvalue weighted by Crippen LogP contribution is 2.00. The summed E-state index contributed by atoms with van der Waals surface area (Å²) in [5.74, 6) is 2.11. The van der Waals surface area contributed by atoms with Crippen LogP contribution in [0.2, 0.25) is 0 Å². The molecule has 0 atom stereocenters. The Morgan fingerprint density at radius 3 is 3.22 bits per heavy atom. The van der Waals surface area contributed by atoms with E-state index in [4.69, 9.17) is 1.37 Å². The van der Waals surface area contributed by atoms with Crippen LogP contribution in [-0.4, -0.2) is 0 Å². The van der Waals surface area contributed by atoms with Crippen LogP contribution in [0.1, 0.15) is 6.93 Å². The third-order valence-electron chi connectivity index (χ3n) is 0.969. The van der Waals surface area contributed by atoms with Crippen molar-refractivity contribution in [2.45, 2.75) is 0 Å². The molecule has 1 aromatic rings. The van der Waals surface area contributed by atoms with Gasteiger partial charge in [0.1, 0.15) is 7.19 Å². The van der Waals surface area contributed by atoms with Crippen molar-refractivity contribution in [1.82, 2.24) is 0 Å². The van der Waals surface area contributed by atoms with Crippen LogP contribution < -0.4 is 0 Å². The lowest BCUT2D eigenvalue weighted by Crippen LogP contribution is -1.74. The molecule has 0 spiro atoms. The minimum absolute atomic E-state index is 0.319. The second-order valence-electron chi connectivity index (χ2n) is 1.64. The monoisotopic (exact) mass is 121 g/mol. The smallest absolute Gasteiger partial charge is 0.124 e. The molecule has 0 unspecified atom stereocenters. The molecule has 0 aliphatic heterocycles. The molecule has 1 rings (SSSR count). The van der Waals surface area contributed by atoms with Gasteiger partial charge in [0.15, 0.2) is 0 Å². The number of benzene rings is 1. The van der Waals surface area contributed by atoms with Crippen molar-refractivity contribution in [3.8, 4) is 12.3 Å². The van der Waals surface area contributed by atoms with Gasteiger partial charge >= 0.3 is 0 Å². The van der Waals surface area contributed by atoms with Gasteiger partial charge in [0, 0.05) is 5.56 Å². The lowest BCUT2D eigenvalue weighted by molar-refractivity contribution is 0.627. The van der Waals surface area contributed by atoms with Crippen LogP contribution in [0.4, 0.5) is 4.39 Å². The third-order valence-corrected chi connectivity index (χ3v) is 0.969. The zero-order chi connectivity index (χ0) is 7.40. The Bertz CT molecular complexity index is 283. The van der Waals surface area contributed by atoms with Gasteiger partial charge in [-0.05, 0) is 18.2 Å². The Kier molecular flexibility index (Phi) is 1.18. The van der Waals surface area contributed by atoms with E-state index in [9.17, 15) is 4.39 Å². The fourth-order valence-electron chi connectivity index (χ4n) is 0.566. The number of hydrogen-bond donors (Lipinski definition) is 0. The summed E-state index contributed by atoms with van der Waals surface area (Å²) in [5.41, 5.74) is 0.537. The van der Waals surface area contributed by atoms with Gasteiger partial charge in [-0.1, -0.05) is 12.0 Å².